The monoisotopic (exact) mass is 264 g/mol. The topological polar surface area (TPSA) is 83.7 Å². The van der Waals surface area contributed by atoms with E-state index in [0.717, 1.165) is 32.0 Å². The van der Waals surface area contributed by atoms with Gasteiger partial charge >= 0.3 is 0 Å². The summed E-state index contributed by atoms with van der Waals surface area (Å²) in [4.78, 5) is 23.6. The number of likely N-dealkylation sites (tertiary alicyclic amines) is 1. The van der Waals surface area contributed by atoms with Crippen LogP contribution >= 0.6 is 0 Å². The highest BCUT2D eigenvalue weighted by atomic mass is 16.6. The van der Waals surface area contributed by atoms with Gasteiger partial charge in [0.1, 0.15) is 5.75 Å². The average Bonchev–Trinajstić information content (AvgIpc) is 2.90. The zero-order chi connectivity index (χ0) is 13.8. The lowest BCUT2D eigenvalue weighted by molar-refractivity contribution is -0.384. The number of nitro groups is 1. The van der Waals surface area contributed by atoms with E-state index < -0.39 is 4.92 Å². The summed E-state index contributed by atoms with van der Waals surface area (Å²) in [7, 11) is 0. The van der Waals surface area contributed by atoms with Crippen LogP contribution in [0.15, 0.2) is 18.2 Å². The lowest BCUT2D eigenvalue weighted by Gasteiger charge is -2.15. The number of phenolic OH excluding ortho intramolecular Hbond substituents is 1. The molecule has 1 aliphatic rings. The molecule has 0 radical (unpaired) electrons. The third-order valence-electron chi connectivity index (χ3n) is 3.35. The minimum atomic E-state index is -0.557. The van der Waals surface area contributed by atoms with Crippen molar-refractivity contribution in [2.45, 2.75) is 25.7 Å². The van der Waals surface area contributed by atoms with E-state index >= 15 is 0 Å². The van der Waals surface area contributed by atoms with Gasteiger partial charge in [0.25, 0.3) is 5.69 Å². The molecule has 0 saturated carbocycles. The molecule has 6 nitrogen and oxygen atoms in total. The number of nitro benzene ring substituents is 1. The van der Waals surface area contributed by atoms with Crippen molar-refractivity contribution in [3.05, 3.63) is 33.9 Å². The SMILES string of the molecule is O=C(CCc1ccc([N+](=O)[O-])cc1O)N1CCCC1. The molecule has 6 heteroatoms. The minimum Gasteiger partial charge on any atom is -0.507 e. The van der Waals surface area contributed by atoms with E-state index in [2.05, 4.69) is 0 Å². The van der Waals surface area contributed by atoms with Crippen molar-refractivity contribution >= 4 is 11.6 Å². The van der Waals surface area contributed by atoms with Gasteiger partial charge in [0.2, 0.25) is 5.91 Å². The summed E-state index contributed by atoms with van der Waals surface area (Å²) in [5, 5.41) is 20.2. The molecule has 1 amide bonds. The van der Waals surface area contributed by atoms with E-state index in [-0.39, 0.29) is 17.3 Å². The van der Waals surface area contributed by atoms with E-state index in [1.165, 1.54) is 12.1 Å². The predicted molar refractivity (Wildman–Crippen MR) is 68.9 cm³/mol. The molecule has 19 heavy (non-hydrogen) atoms. The summed E-state index contributed by atoms with van der Waals surface area (Å²) in [6.07, 6.45) is 2.83. The molecule has 0 atom stereocenters. The fraction of sp³-hybridized carbons (Fsp3) is 0.462. The Morgan fingerprint density at radius 2 is 2.05 bits per heavy atom. The van der Waals surface area contributed by atoms with E-state index in [9.17, 15) is 20.0 Å². The number of hydrogen-bond donors (Lipinski definition) is 1. The normalized spacial score (nSPS) is 14.6. The Morgan fingerprint density at radius 3 is 2.63 bits per heavy atom. The van der Waals surface area contributed by atoms with Gasteiger partial charge < -0.3 is 10.0 Å². The largest absolute Gasteiger partial charge is 0.507 e. The summed E-state index contributed by atoms with van der Waals surface area (Å²) >= 11 is 0. The quantitative estimate of drug-likeness (QED) is 0.664. The van der Waals surface area contributed by atoms with Gasteiger partial charge in [0.15, 0.2) is 0 Å². The Bertz CT molecular complexity index is 495. The summed E-state index contributed by atoms with van der Waals surface area (Å²) in [6.45, 7) is 1.62. The van der Waals surface area contributed by atoms with E-state index in [0.29, 0.717) is 18.4 Å². The number of hydrogen-bond acceptors (Lipinski definition) is 4. The standard InChI is InChI=1S/C13H16N2O4/c16-12-9-11(15(18)19)5-3-10(12)4-6-13(17)14-7-1-2-8-14/h3,5,9,16H,1-2,4,6-8H2. The fourth-order valence-corrected chi connectivity index (χ4v) is 2.24. The summed E-state index contributed by atoms with van der Waals surface area (Å²) in [5.74, 6) is -0.0429. The number of aryl methyl sites for hydroxylation is 1. The fourth-order valence-electron chi connectivity index (χ4n) is 2.24. The van der Waals surface area contributed by atoms with Crippen molar-refractivity contribution in [1.82, 2.24) is 4.90 Å². The molecular weight excluding hydrogens is 248 g/mol. The van der Waals surface area contributed by atoms with Crippen molar-refractivity contribution in [2.24, 2.45) is 0 Å². The van der Waals surface area contributed by atoms with Crippen molar-refractivity contribution in [1.29, 1.82) is 0 Å². The number of aromatic hydroxyl groups is 1. The molecule has 0 unspecified atom stereocenters. The molecule has 1 aromatic rings. The third kappa shape index (κ3) is 3.21. The second-order valence-electron chi connectivity index (χ2n) is 4.66. The molecule has 0 aliphatic carbocycles. The number of non-ortho nitro benzene ring substituents is 1. The van der Waals surface area contributed by atoms with Gasteiger partial charge in [-0.1, -0.05) is 0 Å². The van der Waals surface area contributed by atoms with Crippen LogP contribution < -0.4 is 0 Å². The van der Waals surface area contributed by atoms with Gasteiger partial charge in [0, 0.05) is 25.6 Å². The Kier molecular flexibility index (Phi) is 3.99. The molecule has 1 fully saturated rings. The highest BCUT2D eigenvalue weighted by Gasteiger charge is 2.18. The minimum absolute atomic E-state index is 0.0789. The number of nitrogens with zero attached hydrogens (tertiary/aromatic N) is 2. The second kappa shape index (κ2) is 5.69. The highest BCUT2D eigenvalue weighted by Crippen LogP contribution is 2.24. The number of carbonyl (C=O) groups excluding carboxylic acids is 1. The summed E-state index contributed by atoms with van der Waals surface area (Å²) in [5.41, 5.74) is 0.422. The summed E-state index contributed by atoms with van der Waals surface area (Å²) in [6, 6.07) is 3.97. The van der Waals surface area contributed by atoms with Gasteiger partial charge in [-0.15, -0.1) is 0 Å². The number of benzene rings is 1. The van der Waals surface area contributed by atoms with Crippen LogP contribution in [0.25, 0.3) is 0 Å². The van der Waals surface area contributed by atoms with Gasteiger partial charge in [-0.05, 0) is 30.9 Å². The molecule has 1 N–H and O–H groups in total. The molecule has 1 aliphatic heterocycles. The van der Waals surface area contributed by atoms with Crippen molar-refractivity contribution in [3.8, 4) is 5.75 Å². The smallest absolute Gasteiger partial charge is 0.273 e. The second-order valence-corrected chi connectivity index (χ2v) is 4.66. The molecule has 2 rings (SSSR count). The molecule has 0 spiro atoms. The van der Waals surface area contributed by atoms with E-state index in [4.69, 9.17) is 0 Å². The molecule has 0 aromatic heterocycles. The zero-order valence-corrected chi connectivity index (χ0v) is 10.5. The Morgan fingerprint density at radius 1 is 1.37 bits per heavy atom. The highest BCUT2D eigenvalue weighted by molar-refractivity contribution is 5.76. The van der Waals surface area contributed by atoms with Crippen LogP contribution in [-0.2, 0) is 11.2 Å². The number of rotatable bonds is 4. The zero-order valence-electron chi connectivity index (χ0n) is 10.5. The van der Waals surface area contributed by atoms with E-state index in [1.54, 1.807) is 0 Å². The van der Waals surface area contributed by atoms with Crippen LogP contribution in [0, 0.1) is 10.1 Å². The van der Waals surface area contributed by atoms with Gasteiger partial charge in [-0.25, -0.2) is 0 Å². The molecule has 1 saturated heterocycles. The Hall–Kier alpha value is -2.11. The maximum Gasteiger partial charge on any atom is 0.273 e. The van der Waals surface area contributed by atoms with Gasteiger partial charge in [-0.2, -0.15) is 0 Å². The lowest BCUT2D eigenvalue weighted by atomic mass is 10.1. The first-order valence-corrected chi connectivity index (χ1v) is 6.32. The average molecular weight is 264 g/mol. The molecule has 0 bridgehead atoms. The first kappa shape index (κ1) is 13.3. The predicted octanol–water partition coefficient (Wildman–Crippen LogP) is 1.86. The van der Waals surface area contributed by atoms with Gasteiger partial charge in [0.05, 0.1) is 11.0 Å². The Balaban J connectivity index is 1.95. The number of amides is 1. The molecule has 1 heterocycles. The van der Waals surface area contributed by atoms with Crippen LogP contribution in [0.1, 0.15) is 24.8 Å². The van der Waals surface area contributed by atoms with Crippen LogP contribution in [0.3, 0.4) is 0 Å². The van der Waals surface area contributed by atoms with Crippen molar-refractivity contribution in [2.75, 3.05) is 13.1 Å². The van der Waals surface area contributed by atoms with Crippen LogP contribution in [-0.4, -0.2) is 33.9 Å². The third-order valence-corrected chi connectivity index (χ3v) is 3.35. The number of phenols is 1. The molecule has 102 valence electrons. The maximum absolute atomic E-state index is 11.8. The van der Waals surface area contributed by atoms with Crippen LogP contribution in [0.2, 0.25) is 0 Å². The van der Waals surface area contributed by atoms with Gasteiger partial charge in [-0.3, -0.25) is 14.9 Å². The van der Waals surface area contributed by atoms with Crippen molar-refractivity contribution in [3.63, 3.8) is 0 Å². The summed E-state index contributed by atoms with van der Waals surface area (Å²) < 4.78 is 0. The van der Waals surface area contributed by atoms with E-state index in [1.807, 2.05) is 4.90 Å². The first-order chi connectivity index (χ1) is 9.08. The molecule has 1 aromatic carbocycles. The van der Waals surface area contributed by atoms with Crippen molar-refractivity contribution < 1.29 is 14.8 Å². The maximum atomic E-state index is 11.8. The first-order valence-electron chi connectivity index (χ1n) is 6.32. The van der Waals surface area contributed by atoms with Crippen LogP contribution in [0.4, 0.5) is 5.69 Å². The molecular formula is C13H16N2O4. The Labute approximate surface area is 110 Å². The number of carbonyl (C=O) groups is 1. The van der Waals surface area contributed by atoms with Crippen LogP contribution in [0.5, 0.6) is 5.75 Å². The lowest BCUT2D eigenvalue weighted by Crippen LogP contribution is -2.27.